The molecule has 1 saturated carbocycles. The van der Waals surface area contributed by atoms with Crippen molar-refractivity contribution >= 4 is 40.7 Å². The van der Waals surface area contributed by atoms with Crippen molar-refractivity contribution in [3.05, 3.63) is 76.4 Å². The molecule has 0 unspecified atom stereocenters. The highest BCUT2D eigenvalue weighted by atomic mass is 32.1. The molecule has 3 amide bonds. The van der Waals surface area contributed by atoms with Crippen molar-refractivity contribution in [2.75, 3.05) is 23.5 Å². The SMILES string of the molecule is Cc1ccccc1[C@@H](C(=O)N(C)C1CC(F)(F)C1)N(C(=O)[C@@H]1COC(=O)N1c1cscn1)c1cccc(F)c1. The smallest absolute Gasteiger partial charge is 0.416 e. The summed E-state index contributed by atoms with van der Waals surface area (Å²) in [7, 11) is 1.42. The molecule has 204 valence electrons. The number of carbonyl (C=O) groups excluding carboxylic acids is 3. The second-order valence-electron chi connectivity index (χ2n) is 9.62. The predicted molar refractivity (Wildman–Crippen MR) is 138 cm³/mol. The van der Waals surface area contributed by atoms with Crippen LogP contribution in [0.3, 0.4) is 0 Å². The molecule has 0 bridgehead atoms. The van der Waals surface area contributed by atoms with Gasteiger partial charge in [-0.15, -0.1) is 11.3 Å². The van der Waals surface area contributed by atoms with Crippen molar-refractivity contribution in [1.29, 1.82) is 0 Å². The number of hydrogen-bond donors (Lipinski definition) is 0. The van der Waals surface area contributed by atoms with Crippen LogP contribution in [-0.2, 0) is 14.3 Å². The van der Waals surface area contributed by atoms with E-state index in [9.17, 15) is 27.6 Å². The maximum absolute atomic E-state index is 14.5. The Balaban J connectivity index is 1.62. The Morgan fingerprint density at radius 3 is 2.56 bits per heavy atom. The Labute approximate surface area is 226 Å². The molecule has 2 aliphatic rings. The predicted octanol–water partition coefficient (Wildman–Crippen LogP) is 4.95. The van der Waals surface area contributed by atoms with E-state index in [4.69, 9.17) is 4.74 Å². The van der Waals surface area contributed by atoms with Crippen LogP contribution >= 0.6 is 11.3 Å². The molecule has 1 aliphatic carbocycles. The number of aromatic nitrogens is 1. The zero-order valence-corrected chi connectivity index (χ0v) is 21.9. The number of benzene rings is 2. The van der Waals surface area contributed by atoms with E-state index in [-0.39, 0.29) is 18.1 Å². The van der Waals surface area contributed by atoms with Crippen LogP contribution in [-0.4, -0.2) is 59.5 Å². The number of amides is 3. The lowest BCUT2D eigenvalue weighted by atomic mass is 9.86. The summed E-state index contributed by atoms with van der Waals surface area (Å²) in [5, 5.41) is 1.58. The van der Waals surface area contributed by atoms with Crippen LogP contribution < -0.4 is 9.80 Å². The lowest BCUT2D eigenvalue weighted by Gasteiger charge is -2.43. The first-order chi connectivity index (χ1) is 18.6. The molecule has 1 saturated heterocycles. The first-order valence-corrected chi connectivity index (χ1v) is 13.1. The van der Waals surface area contributed by atoms with E-state index in [1.165, 1.54) is 47.0 Å². The second kappa shape index (κ2) is 10.3. The highest BCUT2D eigenvalue weighted by molar-refractivity contribution is 7.07. The minimum Gasteiger partial charge on any atom is -0.446 e. The Hall–Kier alpha value is -3.93. The van der Waals surface area contributed by atoms with E-state index in [1.54, 1.807) is 36.6 Å². The molecule has 0 N–H and O–H groups in total. The lowest BCUT2D eigenvalue weighted by Crippen LogP contribution is -2.56. The molecule has 12 heteroatoms. The van der Waals surface area contributed by atoms with Gasteiger partial charge in [0.25, 0.3) is 11.8 Å². The Morgan fingerprint density at radius 2 is 1.92 bits per heavy atom. The summed E-state index contributed by atoms with van der Waals surface area (Å²) in [6, 6.07) is 8.77. The number of rotatable bonds is 7. The minimum atomic E-state index is -2.87. The largest absolute Gasteiger partial charge is 0.446 e. The number of hydrogen-bond acceptors (Lipinski definition) is 6. The number of halogens is 3. The van der Waals surface area contributed by atoms with Gasteiger partial charge in [-0.05, 0) is 36.2 Å². The molecule has 2 atom stereocenters. The van der Waals surface area contributed by atoms with E-state index in [0.29, 0.717) is 11.1 Å². The maximum Gasteiger partial charge on any atom is 0.416 e. The molecule has 2 aromatic carbocycles. The number of carbonyl (C=O) groups is 3. The van der Waals surface area contributed by atoms with Crippen molar-refractivity contribution in [3.63, 3.8) is 0 Å². The summed E-state index contributed by atoms with van der Waals surface area (Å²) < 4.78 is 47.1. The molecule has 0 radical (unpaired) electrons. The Kier molecular flexibility index (Phi) is 7.06. The van der Waals surface area contributed by atoms with Gasteiger partial charge < -0.3 is 9.64 Å². The number of anilines is 2. The van der Waals surface area contributed by atoms with Gasteiger partial charge in [0.15, 0.2) is 6.04 Å². The zero-order valence-electron chi connectivity index (χ0n) is 21.1. The second-order valence-corrected chi connectivity index (χ2v) is 10.3. The number of likely N-dealkylation sites (N-methyl/N-ethyl adjacent to an activating group) is 1. The van der Waals surface area contributed by atoms with Gasteiger partial charge in [0, 0.05) is 37.0 Å². The van der Waals surface area contributed by atoms with E-state index in [1.807, 2.05) is 0 Å². The summed E-state index contributed by atoms with van der Waals surface area (Å²) in [4.78, 5) is 48.6. The van der Waals surface area contributed by atoms with Crippen molar-refractivity contribution in [2.24, 2.45) is 0 Å². The molecule has 1 aromatic heterocycles. The Bertz CT molecular complexity index is 1400. The number of ether oxygens (including phenoxy) is 1. The van der Waals surface area contributed by atoms with Gasteiger partial charge in [-0.25, -0.2) is 27.8 Å². The van der Waals surface area contributed by atoms with Gasteiger partial charge in [0.05, 0.1) is 5.51 Å². The minimum absolute atomic E-state index is 0.0616. The molecule has 0 spiro atoms. The fourth-order valence-corrected chi connectivity index (χ4v) is 5.45. The summed E-state index contributed by atoms with van der Waals surface area (Å²) >= 11 is 1.22. The van der Waals surface area contributed by atoms with Crippen molar-refractivity contribution < 1.29 is 32.3 Å². The number of cyclic esters (lactones) is 1. The topological polar surface area (TPSA) is 83.1 Å². The van der Waals surface area contributed by atoms with Crippen LogP contribution in [0.2, 0.25) is 0 Å². The average Bonchev–Trinajstić information content (AvgIpc) is 3.54. The summed E-state index contributed by atoms with van der Waals surface area (Å²) in [6.07, 6.45) is -1.77. The summed E-state index contributed by atoms with van der Waals surface area (Å²) in [6.45, 7) is 1.44. The first kappa shape index (κ1) is 26.7. The van der Waals surface area contributed by atoms with Crippen LogP contribution in [0.5, 0.6) is 0 Å². The molecule has 3 aromatic rings. The molecule has 1 aliphatic heterocycles. The third-order valence-electron chi connectivity index (χ3n) is 7.09. The van der Waals surface area contributed by atoms with Crippen molar-refractivity contribution in [2.45, 2.75) is 43.8 Å². The number of nitrogens with zero attached hydrogens (tertiary/aromatic N) is 4. The van der Waals surface area contributed by atoms with Crippen molar-refractivity contribution in [1.82, 2.24) is 9.88 Å². The molecule has 39 heavy (non-hydrogen) atoms. The van der Waals surface area contributed by atoms with Crippen LogP contribution in [0.1, 0.15) is 30.0 Å². The lowest BCUT2D eigenvalue weighted by molar-refractivity contribution is -0.152. The Morgan fingerprint density at radius 1 is 1.18 bits per heavy atom. The van der Waals surface area contributed by atoms with Gasteiger partial charge in [-0.2, -0.15) is 0 Å². The standard InChI is InChI=1S/C27H25F3N4O4S/c1-16-6-3-4-9-20(16)23(25(36)32(2)19-11-27(29,30)12-19)33(18-8-5-7-17(28)10-18)24(35)21-13-38-26(37)34(21)22-14-39-15-31-22/h3-10,14-15,19,21,23H,11-13H2,1-2H3/t21-,23-/m0/s1. The molecule has 5 rings (SSSR count). The van der Waals surface area contributed by atoms with Gasteiger partial charge in [0.1, 0.15) is 24.3 Å². The van der Waals surface area contributed by atoms with Crippen LogP contribution in [0.15, 0.2) is 59.4 Å². The first-order valence-electron chi connectivity index (χ1n) is 12.2. The average molecular weight is 559 g/mol. The third kappa shape index (κ3) is 5.08. The van der Waals surface area contributed by atoms with E-state index < -0.39 is 60.6 Å². The fraction of sp³-hybridized carbons (Fsp3) is 0.333. The highest BCUT2D eigenvalue weighted by Gasteiger charge is 2.51. The number of thiazole rings is 1. The van der Waals surface area contributed by atoms with Crippen LogP contribution in [0.25, 0.3) is 0 Å². The van der Waals surface area contributed by atoms with Gasteiger partial charge >= 0.3 is 6.09 Å². The van der Waals surface area contributed by atoms with E-state index in [2.05, 4.69) is 4.98 Å². The molecule has 2 fully saturated rings. The molecule has 8 nitrogen and oxygen atoms in total. The number of alkyl halides is 2. The summed E-state index contributed by atoms with van der Waals surface area (Å²) in [5.74, 6) is -4.65. The maximum atomic E-state index is 14.5. The number of aryl methyl sites for hydroxylation is 1. The van der Waals surface area contributed by atoms with E-state index >= 15 is 0 Å². The monoisotopic (exact) mass is 558 g/mol. The quantitative estimate of drug-likeness (QED) is 0.410. The van der Waals surface area contributed by atoms with Gasteiger partial charge in [0.2, 0.25) is 5.91 Å². The normalized spacial score (nSPS) is 19.3. The molecular weight excluding hydrogens is 533 g/mol. The molecule has 2 heterocycles. The summed E-state index contributed by atoms with van der Waals surface area (Å²) in [5.41, 5.74) is 2.65. The van der Waals surface area contributed by atoms with E-state index in [0.717, 1.165) is 15.9 Å². The zero-order chi connectivity index (χ0) is 27.9. The highest BCUT2D eigenvalue weighted by Crippen LogP contribution is 2.42. The van der Waals surface area contributed by atoms with Crippen LogP contribution in [0, 0.1) is 12.7 Å². The van der Waals surface area contributed by atoms with Crippen LogP contribution in [0.4, 0.5) is 29.5 Å². The third-order valence-corrected chi connectivity index (χ3v) is 7.66. The van der Waals surface area contributed by atoms with Crippen molar-refractivity contribution in [3.8, 4) is 0 Å². The fourth-order valence-electron chi connectivity index (χ4n) is 4.92. The van der Waals surface area contributed by atoms with Gasteiger partial charge in [-0.3, -0.25) is 14.5 Å². The van der Waals surface area contributed by atoms with Gasteiger partial charge in [-0.1, -0.05) is 30.3 Å². The molecular formula is C27H25F3N4O4S.